The molecule has 3 heteroatoms. The van der Waals surface area contributed by atoms with Gasteiger partial charge in [-0.05, 0) is 11.3 Å². The van der Waals surface area contributed by atoms with Gasteiger partial charge in [-0.15, -0.1) is 4.91 Å². The van der Waals surface area contributed by atoms with Gasteiger partial charge in [0.05, 0.1) is 11.9 Å². The number of allylic oxidation sites excluding steroid dienone is 3. The van der Waals surface area contributed by atoms with E-state index in [1.807, 2.05) is 0 Å². The van der Waals surface area contributed by atoms with E-state index >= 15 is 0 Å². The van der Waals surface area contributed by atoms with Crippen molar-refractivity contribution in [3.05, 3.63) is 41.6 Å². The maximum Gasteiger partial charge on any atom is 0.0944 e. The summed E-state index contributed by atoms with van der Waals surface area (Å²) in [5, 5.41) is 2.47. The largest absolute Gasteiger partial charge is 0.397 e. The minimum absolute atomic E-state index is 0.324. The van der Waals surface area contributed by atoms with Crippen LogP contribution in [0.3, 0.4) is 0 Å². The zero-order valence-corrected chi connectivity index (χ0v) is 4.95. The molecule has 0 amide bonds. The highest BCUT2D eigenvalue weighted by atomic mass is 16.2. The lowest BCUT2D eigenvalue weighted by molar-refractivity contribution is 1.35. The molecule has 0 unspecified atom stereocenters. The van der Waals surface area contributed by atoms with E-state index in [-0.39, 0.29) is 0 Å². The van der Waals surface area contributed by atoms with E-state index in [4.69, 9.17) is 5.73 Å². The third-order valence-corrected chi connectivity index (χ3v) is 0.627. The van der Waals surface area contributed by atoms with Crippen molar-refractivity contribution in [2.45, 2.75) is 0 Å². The molecule has 3 nitrogen and oxygen atoms in total. The Bertz CT molecular complexity index is 158. The van der Waals surface area contributed by atoms with Crippen LogP contribution in [0.5, 0.6) is 0 Å². The molecule has 0 saturated heterocycles. The SMILES string of the molecule is C=C/C=C\C(N)=C\N=O. The Morgan fingerprint density at radius 3 is 2.78 bits per heavy atom. The van der Waals surface area contributed by atoms with Gasteiger partial charge in [-0.3, -0.25) is 0 Å². The predicted octanol–water partition coefficient (Wildman–Crippen LogP) is 1.30. The van der Waals surface area contributed by atoms with E-state index in [0.717, 1.165) is 6.20 Å². The summed E-state index contributed by atoms with van der Waals surface area (Å²) in [6, 6.07) is 0. The van der Waals surface area contributed by atoms with Crippen molar-refractivity contribution in [3.8, 4) is 0 Å². The highest BCUT2D eigenvalue weighted by Crippen LogP contribution is 1.86. The average Bonchev–Trinajstić information content (AvgIpc) is 1.85. The van der Waals surface area contributed by atoms with Crippen molar-refractivity contribution in [2.24, 2.45) is 10.9 Å². The Labute approximate surface area is 53.5 Å². The minimum atomic E-state index is 0.324. The molecular formula is C6H8N2O. The van der Waals surface area contributed by atoms with Crippen LogP contribution in [-0.2, 0) is 0 Å². The van der Waals surface area contributed by atoms with E-state index in [2.05, 4.69) is 11.8 Å². The molecule has 0 fully saturated rings. The first kappa shape index (κ1) is 7.62. The molecule has 0 spiro atoms. The molecule has 0 aromatic rings. The van der Waals surface area contributed by atoms with E-state index in [0.29, 0.717) is 5.70 Å². The lowest BCUT2D eigenvalue weighted by atomic mass is 10.4. The Hall–Kier alpha value is -1.38. The number of nitrogens with zero attached hydrogens (tertiary/aromatic N) is 1. The van der Waals surface area contributed by atoms with Crippen molar-refractivity contribution in [3.63, 3.8) is 0 Å². The van der Waals surface area contributed by atoms with Crippen LogP contribution in [0, 0.1) is 4.91 Å². The van der Waals surface area contributed by atoms with Crippen molar-refractivity contribution in [1.82, 2.24) is 0 Å². The lowest BCUT2D eigenvalue weighted by Crippen LogP contribution is -1.90. The maximum atomic E-state index is 9.51. The van der Waals surface area contributed by atoms with E-state index < -0.39 is 0 Å². The van der Waals surface area contributed by atoms with E-state index in [9.17, 15) is 4.91 Å². The van der Waals surface area contributed by atoms with Crippen LogP contribution in [0.2, 0.25) is 0 Å². The maximum absolute atomic E-state index is 9.51. The standard InChI is InChI=1S/C6H8N2O/c1-2-3-4-6(7)5-8-9/h2-5H,1,7H2/b4-3-,6-5-. The highest BCUT2D eigenvalue weighted by molar-refractivity contribution is 5.17. The summed E-state index contributed by atoms with van der Waals surface area (Å²) >= 11 is 0. The van der Waals surface area contributed by atoms with Crippen LogP contribution >= 0.6 is 0 Å². The van der Waals surface area contributed by atoms with Gasteiger partial charge in [0.25, 0.3) is 0 Å². The summed E-state index contributed by atoms with van der Waals surface area (Å²) in [5.74, 6) is 0. The Morgan fingerprint density at radius 1 is 1.67 bits per heavy atom. The molecule has 0 saturated carbocycles. The quantitative estimate of drug-likeness (QED) is 0.455. The second kappa shape index (κ2) is 4.77. The van der Waals surface area contributed by atoms with Crippen LogP contribution in [0.4, 0.5) is 0 Å². The fourth-order valence-electron chi connectivity index (χ4n) is 0.283. The third-order valence-electron chi connectivity index (χ3n) is 0.627. The molecule has 2 N–H and O–H groups in total. The zero-order chi connectivity index (χ0) is 7.11. The zero-order valence-electron chi connectivity index (χ0n) is 4.95. The average molecular weight is 124 g/mol. The predicted molar refractivity (Wildman–Crippen MR) is 37.4 cm³/mol. The number of nitrogens with two attached hydrogens (primary N) is 1. The van der Waals surface area contributed by atoms with Crippen LogP contribution < -0.4 is 5.73 Å². The first-order valence-corrected chi connectivity index (χ1v) is 2.38. The van der Waals surface area contributed by atoms with Gasteiger partial charge in [0.2, 0.25) is 0 Å². The summed E-state index contributed by atoms with van der Waals surface area (Å²) in [6.07, 6.45) is 5.75. The molecule has 0 rings (SSSR count). The fourth-order valence-corrected chi connectivity index (χ4v) is 0.283. The fraction of sp³-hybridized carbons (Fsp3) is 0. The van der Waals surface area contributed by atoms with Crippen LogP contribution in [0.1, 0.15) is 0 Å². The van der Waals surface area contributed by atoms with E-state index in [1.54, 1.807) is 12.2 Å². The van der Waals surface area contributed by atoms with Crippen LogP contribution in [0.15, 0.2) is 41.9 Å². The van der Waals surface area contributed by atoms with Gasteiger partial charge in [0, 0.05) is 0 Å². The molecule has 0 bridgehead atoms. The summed E-state index contributed by atoms with van der Waals surface area (Å²) in [5.41, 5.74) is 5.53. The number of hydrogen-bond donors (Lipinski definition) is 1. The first-order valence-electron chi connectivity index (χ1n) is 2.38. The molecule has 0 aromatic carbocycles. The summed E-state index contributed by atoms with van der Waals surface area (Å²) in [6.45, 7) is 3.41. The number of nitroso groups, excluding NO2 is 1. The second-order valence-corrected chi connectivity index (χ2v) is 1.33. The first-order chi connectivity index (χ1) is 4.31. The summed E-state index contributed by atoms with van der Waals surface area (Å²) in [4.78, 5) is 9.51. The molecule has 48 valence electrons. The summed E-state index contributed by atoms with van der Waals surface area (Å²) < 4.78 is 0. The van der Waals surface area contributed by atoms with Crippen molar-refractivity contribution in [1.29, 1.82) is 0 Å². The van der Waals surface area contributed by atoms with Crippen LogP contribution in [0.25, 0.3) is 0 Å². The molecule has 0 aliphatic carbocycles. The van der Waals surface area contributed by atoms with Gasteiger partial charge in [-0.2, -0.15) is 0 Å². The van der Waals surface area contributed by atoms with Gasteiger partial charge in [0.15, 0.2) is 0 Å². The van der Waals surface area contributed by atoms with Crippen molar-refractivity contribution in [2.75, 3.05) is 0 Å². The Kier molecular flexibility index (Phi) is 4.04. The Morgan fingerprint density at radius 2 is 2.33 bits per heavy atom. The normalized spacial score (nSPS) is 11.8. The van der Waals surface area contributed by atoms with Crippen LogP contribution in [-0.4, -0.2) is 0 Å². The smallest absolute Gasteiger partial charge is 0.0944 e. The van der Waals surface area contributed by atoms with Gasteiger partial charge in [-0.1, -0.05) is 18.7 Å². The van der Waals surface area contributed by atoms with Gasteiger partial charge < -0.3 is 5.73 Å². The molecular weight excluding hydrogens is 116 g/mol. The van der Waals surface area contributed by atoms with E-state index in [1.165, 1.54) is 6.08 Å². The Balaban J connectivity index is 3.88. The molecule has 0 aromatic heterocycles. The topological polar surface area (TPSA) is 55.4 Å². The molecule has 0 heterocycles. The monoisotopic (exact) mass is 124 g/mol. The number of rotatable bonds is 3. The molecule has 0 aliphatic rings. The lowest BCUT2D eigenvalue weighted by Gasteiger charge is -1.82. The summed E-state index contributed by atoms with van der Waals surface area (Å²) in [7, 11) is 0. The molecule has 0 aliphatic heterocycles. The molecule has 9 heavy (non-hydrogen) atoms. The second-order valence-electron chi connectivity index (χ2n) is 1.33. The third kappa shape index (κ3) is 4.47. The van der Waals surface area contributed by atoms with Gasteiger partial charge in [0.1, 0.15) is 0 Å². The van der Waals surface area contributed by atoms with Gasteiger partial charge in [-0.25, -0.2) is 0 Å². The molecule has 0 radical (unpaired) electrons. The van der Waals surface area contributed by atoms with Crippen molar-refractivity contribution < 1.29 is 0 Å². The van der Waals surface area contributed by atoms with Gasteiger partial charge >= 0.3 is 0 Å². The van der Waals surface area contributed by atoms with Crippen molar-refractivity contribution >= 4 is 0 Å². The minimum Gasteiger partial charge on any atom is -0.397 e. The molecule has 0 atom stereocenters. The number of hydrogen-bond acceptors (Lipinski definition) is 3. The highest BCUT2D eigenvalue weighted by Gasteiger charge is 1.76.